The smallest absolute Gasteiger partial charge is 0.256 e. The van der Waals surface area contributed by atoms with E-state index in [4.69, 9.17) is 4.74 Å². The van der Waals surface area contributed by atoms with Crippen LogP contribution in [0.5, 0.6) is 0 Å². The third-order valence-electron chi connectivity index (χ3n) is 6.12. The summed E-state index contributed by atoms with van der Waals surface area (Å²) in [5, 5.41) is 10.4. The average Bonchev–Trinajstić information content (AvgIpc) is 3.03. The van der Waals surface area contributed by atoms with Crippen molar-refractivity contribution in [1.29, 1.82) is 0 Å². The average molecular weight is 432 g/mol. The fourth-order valence-corrected chi connectivity index (χ4v) is 4.20. The van der Waals surface area contributed by atoms with E-state index in [1.807, 2.05) is 0 Å². The number of aldehydes is 1. The molecule has 2 atom stereocenters. The zero-order valence-electron chi connectivity index (χ0n) is 19.3. The van der Waals surface area contributed by atoms with E-state index in [-0.39, 0.29) is 19.1 Å². The molecular weight excluding hydrogens is 390 g/mol. The first-order chi connectivity index (χ1) is 15.2. The quantitative estimate of drug-likeness (QED) is 0.240. The third kappa shape index (κ3) is 8.74. The number of fused-ring (bicyclic) bond motifs is 1. The molecule has 1 amide bonds. The molecule has 0 saturated carbocycles. The summed E-state index contributed by atoms with van der Waals surface area (Å²) >= 11 is 0. The van der Waals surface area contributed by atoms with E-state index in [2.05, 4.69) is 6.92 Å². The molecule has 1 heterocycles. The van der Waals surface area contributed by atoms with Crippen molar-refractivity contribution in [2.24, 2.45) is 5.92 Å². The van der Waals surface area contributed by atoms with Gasteiger partial charge in [0.25, 0.3) is 5.91 Å². The highest BCUT2D eigenvalue weighted by molar-refractivity contribution is 5.99. The maximum atomic E-state index is 12.5. The second-order valence-corrected chi connectivity index (χ2v) is 8.78. The Balaban J connectivity index is 1.49. The summed E-state index contributed by atoms with van der Waals surface area (Å²) < 4.78 is 5.69. The number of carbonyl (C=O) groups is 2. The lowest BCUT2D eigenvalue weighted by Gasteiger charge is -2.24. The zero-order valence-corrected chi connectivity index (χ0v) is 19.3. The summed E-state index contributed by atoms with van der Waals surface area (Å²) in [4.78, 5) is 25.3. The molecule has 1 aliphatic rings. The van der Waals surface area contributed by atoms with Gasteiger partial charge in [-0.15, -0.1) is 0 Å². The van der Waals surface area contributed by atoms with E-state index in [1.54, 1.807) is 24.3 Å². The number of rotatable bonds is 18. The van der Waals surface area contributed by atoms with Crippen LogP contribution in [-0.4, -0.2) is 42.0 Å². The maximum Gasteiger partial charge on any atom is 0.256 e. The van der Waals surface area contributed by atoms with E-state index in [9.17, 15) is 14.7 Å². The van der Waals surface area contributed by atoms with Gasteiger partial charge in [0.05, 0.1) is 12.5 Å². The summed E-state index contributed by atoms with van der Waals surface area (Å²) in [5.74, 6) is -0.652. The summed E-state index contributed by atoms with van der Waals surface area (Å²) in [6, 6.07) is 7.04. The largest absolute Gasteiger partial charge is 0.381 e. The number of benzene rings is 1. The molecule has 5 heteroatoms. The van der Waals surface area contributed by atoms with Crippen molar-refractivity contribution in [3.05, 3.63) is 35.4 Å². The second-order valence-electron chi connectivity index (χ2n) is 8.78. The minimum absolute atomic E-state index is 0.177. The summed E-state index contributed by atoms with van der Waals surface area (Å²) in [6.45, 7) is 3.36. The van der Waals surface area contributed by atoms with Crippen LogP contribution < -0.4 is 0 Å². The molecule has 0 bridgehead atoms. The summed E-state index contributed by atoms with van der Waals surface area (Å²) in [6.07, 6.45) is 15.5. The van der Waals surface area contributed by atoms with Gasteiger partial charge in [0.1, 0.15) is 6.29 Å². The first-order valence-electron chi connectivity index (χ1n) is 12.3. The van der Waals surface area contributed by atoms with Crippen LogP contribution in [-0.2, 0) is 9.53 Å². The number of hydrogen-bond acceptors (Lipinski definition) is 4. The van der Waals surface area contributed by atoms with Crippen LogP contribution in [0.15, 0.2) is 24.3 Å². The van der Waals surface area contributed by atoms with Crippen LogP contribution in [0.4, 0.5) is 0 Å². The van der Waals surface area contributed by atoms with Gasteiger partial charge in [-0.3, -0.25) is 4.79 Å². The van der Waals surface area contributed by atoms with Gasteiger partial charge in [0, 0.05) is 24.3 Å². The highest BCUT2D eigenvalue weighted by Crippen LogP contribution is 2.31. The fourth-order valence-electron chi connectivity index (χ4n) is 4.20. The summed E-state index contributed by atoms with van der Waals surface area (Å²) in [7, 11) is 0. The fraction of sp³-hybridized carbons (Fsp3) is 0.692. The molecular formula is C26H41NO4. The number of aliphatic hydroxyl groups is 1. The normalized spacial score (nSPS) is 16.5. The third-order valence-corrected chi connectivity index (χ3v) is 6.12. The SMILES string of the molecule is CCCCCCCCCCCCCCOCC(C=O)CN1C(=O)c2ccccc2C1O. The van der Waals surface area contributed by atoms with Crippen molar-refractivity contribution in [2.75, 3.05) is 19.8 Å². The molecule has 174 valence electrons. The highest BCUT2D eigenvalue weighted by atomic mass is 16.5. The van der Waals surface area contributed by atoms with E-state index in [0.29, 0.717) is 17.7 Å². The van der Waals surface area contributed by atoms with Gasteiger partial charge in [0.15, 0.2) is 6.23 Å². The van der Waals surface area contributed by atoms with Crippen molar-refractivity contribution in [3.63, 3.8) is 0 Å². The number of carbonyl (C=O) groups excluding carboxylic acids is 2. The number of ether oxygens (including phenoxy) is 1. The Labute approximate surface area is 188 Å². The van der Waals surface area contributed by atoms with E-state index < -0.39 is 12.1 Å². The number of aliphatic hydroxyl groups excluding tert-OH is 1. The number of amides is 1. The lowest BCUT2D eigenvalue weighted by molar-refractivity contribution is -0.114. The van der Waals surface area contributed by atoms with E-state index in [0.717, 1.165) is 19.1 Å². The number of nitrogens with zero attached hydrogens (tertiary/aromatic N) is 1. The van der Waals surface area contributed by atoms with Crippen molar-refractivity contribution in [2.45, 2.75) is 90.2 Å². The molecule has 1 aromatic carbocycles. The molecule has 0 radical (unpaired) electrons. The molecule has 1 aliphatic heterocycles. The predicted octanol–water partition coefficient (Wildman–Crippen LogP) is 5.67. The first kappa shape index (κ1) is 25.5. The number of hydrogen-bond donors (Lipinski definition) is 1. The van der Waals surface area contributed by atoms with Crippen molar-refractivity contribution in [3.8, 4) is 0 Å². The lowest BCUT2D eigenvalue weighted by atomic mass is 10.1. The van der Waals surface area contributed by atoms with Crippen LogP contribution in [0.3, 0.4) is 0 Å². The topological polar surface area (TPSA) is 66.8 Å². The van der Waals surface area contributed by atoms with E-state index in [1.165, 1.54) is 69.1 Å². The van der Waals surface area contributed by atoms with E-state index >= 15 is 0 Å². The molecule has 31 heavy (non-hydrogen) atoms. The molecule has 0 saturated heterocycles. The lowest BCUT2D eigenvalue weighted by Crippen LogP contribution is -2.35. The van der Waals surface area contributed by atoms with Crippen LogP contribution in [0.2, 0.25) is 0 Å². The van der Waals surface area contributed by atoms with Gasteiger partial charge in [-0.2, -0.15) is 0 Å². The molecule has 2 rings (SSSR count). The highest BCUT2D eigenvalue weighted by Gasteiger charge is 2.36. The Morgan fingerprint density at radius 2 is 1.55 bits per heavy atom. The van der Waals surface area contributed by atoms with Gasteiger partial charge < -0.3 is 19.5 Å². The van der Waals surface area contributed by atoms with Gasteiger partial charge in [-0.05, 0) is 12.5 Å². The molecule has 1 N–H and O–H groups in total. The molecule has 0 spiro atoms. The second kappa shape index (κ2) is 15.1. The Kier molecular flexibility index (Phi) is 12.5. The zero-order chi connectivity index (χ0) is 22.3. The van der Waals surface area contributed by atoms with Gasteiger partial charge in [0.2, 0.25) is 0 Å². The monoisotopic (exact) mass is 431 g/mol. The minimum atomic E-state index is -0.984. The maximum absolute atomic E-state index is 12.5. The Bertz CT molecular complexity index is 648. The Hall–Kier alpha value is -1.72. The molecule has 0 aromatic heterocycles. The Morgan fingerprint density at radius 1 is 0.968 bits per heavy atom. The number of unbranched alkanes of at least 4 members (excludes halogenated alkanes) is 11. The summed E-state index contributed by atoms with van der Waals surface area (Å²) in [5.41, 5.74) is 1.12. The van der Waals surface area contributed by atoms with Crippen LogP contribution in [0.25, 0.3) is 0 Å². The van der Waals surface area contributed by atoms with Crippen LogP contribution in [0.1, 0.15) is 106 Å². The van der Waals surface area contributed by atoms with Gasteiger partial charge in [-0.25, -0.2) is 0 Å². The molecule has 1 aromatic rings. The minimum Gasteiger partial charge on any atom is -0.381 e. The van der Waals surface area contributed by atoms with Crippen molar-refractivity contribution < 1.29 is 19.4 Å². The van der Waals surface area contributed by atoms with Gasteiger partial charge >= 0.3 is 0 Å². The first-order valence-corrected chi connectivity index (χ1v) is 12.3. The standard InChI is InChI=1S/C26H41NO4/c1-2-3-4-5-6-7-8-9-10-11-12-15-18-31-21-22(20-28)19-27-25(29)23-16-13-14-17-24(23)26(27)30/h13-14,16-17,20,22,25,29H,2-12,15,18-19,21H2,1H3. The van der Waals surface area contributed by atoms with Gasteiger partial charge in [-0.1, -0.05) is 95.8 Å². The van der Waals surface area contributed by atoms with Crippen molar-refractivity contribution in [1.82, 2.24) is 4.90 Å². The molecule has 0 aliphatic carbocycles. The Morgan fingerprint density at radius 3 is 2.13 bits per heavy atom. The van der Waals surface area contributed by atoms with Crippen molar-refractivity contribution >= 4 is 12.2 Å². The predicted molar refractivity (Wildman–Crippen MR) is 124 cm³/mol. The van der Waals surface area contributed by atoms with Crippen LogP contribution in [0, 0.1) is 5.92 Å². The van der Waals surface area contributed by atoms with Crippen LogP contribution >= 0.6 is 0 Å². The molecule has 5 nitrogen and oxygen atoms in total. The molecule has 2 unspecified atom stereocenters. The molecule has 0 fully saturated rings.